The summed E-state index contributed by atoms with van der Waals surface area (Å²) in [5, 5.41) is 0.425. The van der Waals surface area contributed by atoms with Crippen LogP contribution in [0.3, 0.4) is 0 Å². The summed E-state index contributed by atoms with van der Waals surface area (Å²) in [6, 6.07) is 12.1. The molecule has 0 aliphatic carbocycles. The second kappa shape index (κ2) is 6.45. The normalized spacial score (nSPS) is 13.7. The number of nitrogens with one attached hydrogen (secondary N) is 1. The summed E-state index contributed by atoms with van der Waals surface area (Å²) in [7, 11) is -3.57. The molecule has 0 atom stereocenters. The van der Waals surface area contributed by atoms with Gasteiger partial charge in [-0.25, -0.2) is 8.42 Å². The van der Waals surface area contributed by atoms with E-state index in [1.54, 1.807) is 47.4 Å². The lowest BCUT2D eigenvalue weighted by atomic mass is 10.1. The third-order valence-corrected chi connectivity index (χ3v) is 5.54. The molecule has 1 heterocycles. The van der Waals surface area contributed by atoms with E-state index in [-0.39, 0.29) is 11.7 Å². The standard InChI is InChI=1S/C17H17ClN2O3S/c1-12(21)20-9-8-13-10-15(6-7-17(13)20)19-24(22,23)11-14-4-2-3-5-16(14)18/h2-7,10,19H,8-9,11H2,1H3. The lowest BCUT2D eigenvalue weighted by Gasteiger charge is -2.15. The number of halogens is 1. The second-order valence-corrected chi connectivity index (χ2v) is 7.85. The molecule has 0 aromatic heterocycles. The molecule has 0 fully saturated rings. The molecule has 0 saturated heterocycles. The van der Waals surface area contributed by atoms with E-state index in [9.17, 15) is 13.2 Å². The number of fused-ring (bicyclic) bond motifs is 1. The van der Waals surface area contributed by atoms with Crippen molar-refractivity contribution in [2.75, 3.05) is 16.2 Å². The maximum absolute atomic E-state index is 12.4. The molecular formula is C17H17ClN2O3S. The average molecular weight is 365 g/mol. The summed E-state index contributed by atoms with van der Waals surface area (Å²) >= 11 is 6.03. The highest BCUT2D eigenvalue weighted by atomic mass is 35.5. The van der Waals surface area contributed by atoms with Gasteiger partial charge in [0.25, 0.3) is 0 Å². The van der Waals surface area contributed by atoms with Crippen LogP contribution in [0.5, 0.6) is 0 Å². The van der Waals surface area contributed by atoms with Crippen molar-refractivity contribution in [1.82, 2.24) is 0 Å². The number of hydrogen-bond donors (Lipinski definition) is 1. The summed E-state index contributed by atoms with van der Waals surface area (Å²) < 4.78 is 27.3. The van der Waals surface area contributed by atoms with Crippen molar-refractivity contribution in [3.8, 4) is 0 Å². The summed E-state index contributed by atoms with van der Waals surface area (Å²) in [4.78, 5) is 13.3. The van der Waals surface area contributed by atoms with Crippen LogP contribution in [-0.4, -0.2) is 20.9 Å². The minimum atomic E-state index is -3.57. The van der Waals surface area contributed by atoms with Crippen LogP contribution >= 0.6 is 11.6 Å². The number of sulfonamides is 1. The summed E-state index contributed by atoms with van der Waals surface area (Å²) in [5.41, 5.74) is 2.85. The van der Waals surface area contributed by atoms with Gasteiger partial charge in [0.15, 0.2) is 0 Å². The molecule has 1 amide bonds. The molecule has 2 aromatic rings. The maximum atomic E-state index is 12.4. The molecule has 0 spiro atoms. The van der Waals surface area contributed by atoms with Gasteiger partial charge < -0.3 is 4.90 Å². The van der Waals surface area contributed by atoms with Crippen molar-refractivity contribution in [2.45, 2.75) is 19.1 Å². The average Bonchev–Trinajstić information content (AvgIpc) is 2.92. The Morgan fingerprint density at radius 3 is 2.71 bits per heavy atom. The summed E-state index contributed by atoms with van der Waals surface area (Å²) in [5.74, 6) is -0.204. The highest BCUT2D eigenvalue weighted by molar-refractivity contribution is 7.91. The van der Waals surface area contributed by atoms with Crippen LogP contribution in [-0.2, 0) is 27.0 Å². The molecule has 0 radical (unpaired) electrons. The van der Waals surface area contributed by atoms with Gasteiger partial charge in [-0.15, -0.1) is 0 Å². The Kier molecular flexibility index (Phi) is 4.51. The number of carbonyl (C=O) groups is 1. The monoisotopic (exact) mass is 364 g/mol. The predicted octanol–water partition coefficient (Wildman–Crippen LogP) is 3.19. The third-order valence-electron chi connectivity index (χ3n) is 3.93. The molecular weight excluding hydrogens is 348 g/mol. The van der Waals surface area contributed by atoms with Gasteiger partial charge in [0, 0.05) is 29.9 Å². The van der Waals surface area contributed by atoms with Gasteiger partial charge in [0.2, 0.25) is 15.9 Å². The molecule has 0 bridgehead atoms. The molecule has 1 aliphatic heterocycles. The fourth-order valence-corrected chi connectivity index (χ4v) is 4.33. The summed E-state index contributed by atoms with van der Waals surface area (Å²) in [6.07, 6.45) is 0.717. The maximum Gasteiger partial charge on any atom is 0.236 e. The van der Waals surface area contributed by atoms with Crippen molar-refractivity contribution < 1.29 is 13.2 Å². The van der Waals surface area contributed by atoms with Gasteiger partial charge in [-0.1, -0.05) is 29.8 Å². The molecule has 1 aliphatic rings. The quantitative estimate of drug-likeness (QED) is 0.906. The van der Waals surface area contributed by atoms with Crippen molar-refractivity contribution in [2.24, 2.45) is 0 Å². The van der Waals surface area contributed by atoms with Crippen LogP contribution in [0.2, 0.25) is 5.02 Å². The minimum Gasteiger partial charge on any atom is -0.312 e. The highest BCUT2D eigenvalue weighted by Crippen LogP contribution is 2.31. The van der Waals surface area contributed by atoms with Crippen LogP contribution in [0.25, 0.3) is 0 Å². The van der Waals surface area contributed by atoms with E-state index in [4.69, 9.17) is 11.6 Å². The zero-order valence-electron chi connectivity index (χ0n) is 13.1. The Labute approximate surface area is 146 Å². The first-order valence-corrected chi connectivity index (χ1v) is 9.54. The molecule has 126 valence electrons. The van der Waals surface area contributed by atoms with E-state index in [0.717, 1.165) is 17.7 Å². The Bertz CT molecular complexity index is 896. The highest BCUT2D eigenvalue weighted by Gasteiger charge is 2.23. The lowest BCUT2D eigenvalue weighted by Crippen LogP contribution is -2.25. The van der Waals surface area contributed by atoms with E-state index in [2.05, 4.69) is 4.72 Å². The first-order valence-electron chi connectivity index (χ1n) is 7.51. The second-order valence-electron chi connectivity index (χ2n) is 5.72. The van der Waals surface area contributed by atoms with Gasteiger partial charge in [0.1, 0.15) is 0 Å². The number of amides is 1. The fourth-order valence-electron chi connectivity index (χ4n) is 2.83. The fraction of sp³-hybridized carbons (Fsp3) is 0.235. The number of rotatable bonds is 4. The van der Waals surface area contributed by atoms with Crippen LogP contribution in [0, 0.1) is 0 Å². The Morgan fingerprint density at radius 2 is 2.00 bits per heavy atom. The molecule has 7 heteroatoms. The molecule has 0 unspecified atom stereocenters. The SMILES string of the molecule is CC(=O)N1CCc2cc(NS(=O)(=O)Cc3ccccc3Cl)ccc21. The van der Waals surface area contributed by atoms with E-state index in [1.807, 2.05) is 0 Å². The van der Waals surface area contributed by atoms with Crippen molar-refractivity contribution in [3.63, 3.8) is 0 Å². The lowest BCUT2D eigenvalue weighted by molar-refractivity contribution is -0.116. The smallest absolute Gasteiger partial charge is 0.236 e. The van der Waals surface area contributed by atoms with Gasteiger partial charge in [0.05, 0.1) is 5.75 Å². The Balaban J connectivity index is 1.79. The number of benzene rings is 2. The van der Waals surface area contributed by atoms with E-state index < -0.39 is 10.0 Å². The number of carbonyl (C=O) groups excluding carboxylic acids is 1. The number of anilines is 2. The van der Waals surface area contributed by atoms with Crippen molar-refractivity contribution in [3.05, 3.63) is 58.6 Å². The topological polar surface area (TPSA) is 66.5 Å². The van der Waals surface area contributed by atoms with Crippen molar-refractivity contribution in [1.29, 1.82) is 0 Å². The molecule has 2 aromatic carbocycles. The predicted molar refractivity (Wildman–Crippen MR) is 95.9 cm³/mol. The van der Waals surface area contributed by atoms with Gasteiger partial charge in [-0.3, -0.25) is 9.52 Å². The van der Waals surface area contributed by atoms with Crippen LogP contribution in [0.4, 0.5) is 11.4 Å². The largest absolute Gasteiger partial charge is 0.312 e. The number of nitrogens with zero attached hydrogens (tertiary/aromatic N) is 1. The molecule has 5 nitrogen and oxygen atoms in total. The Morgan fingerprint density at radius 1 is 1.25 bits per heavy atom. The summed E-state index contributed by atoms with van der Waals surface area (Å²) in [6.45, 7) is 2.15. The molecule has 0 saturated carbocycles. The first-order chi connectivity index (χ1) is 11.4. The van der Waals surface area contributed by atoms with Gasteiger partial charge in [-0.2, -0.15) is 0 Å². The van der Waals surface area contributed by atoms with E-state index in [0.29, 0.717) is 22.8 Å². The van der Waals surface area contributed by atoms with Gasteiger partial charge in [-0.05, 0) is 41.8 Å². The van der Waals surface area contributed by atoms with Crippen LogP contribution in [0.1, 0.15) is 18.1 Å². The van der Waals surface area contributed by atoms with E-state index >= 15 is 0 Å². The van der Waals surface area contributed by atoms with Gasteiger partial charge >= 0.3 is 0 Å². The number of hydrogen-bond acceptors (Lipinski definition) is 3. The van der Waals surface area contributed by atoms with E-state index in [1.165, 1.54) is 6.92 Å². The van der Waals surface area contributed by atoms with Crippen molar-refractivity contribution >= 4 is 38.9 Å². The van der Waals surface area contributed by atoms with Crippen LogP contribution in [0.15, 0.2) is 42.5 Å². The Hall–Kier alpha value is -2.05. The molecule has 1 N–H and O–H groups in total. The first kappa shape index (κ1) is 16.8. The zero-order valence-corrected chi connectivity index (χ0v) is 14.7. The third kappa shape index (κ3) is 3.55. The zero-order chi connectivity index (χ0) is 17.3. The molecule has 24 heavy (non-hydrogen) atoms. The van der Waals surface area contributed by atoms with Crippen LogP contribution < -0.4 is 9.62 Å². The molecule has 3 rings (SSSR count). The minimum absolute atomic E-state index is 0.0131.